The normalized spacial score (nSPS) is 16.5. The minimum Gasteiger partial charge on any atom is -0.378 e. The first-order chi connectivity index (χ1) is 14.0. The monoisotopic (exact) mass is 394 g/mol. The van der Waals surface area contributed by atoms with Gasteiger partial charge in [0, 0.05) is 37.6 Å². The molecule has 1 aliphatic heterocycles. The molecule has 2 N–H and O–H groups in total. The summed E-state index contributed by atoms with van der Waals surface area (Å²) >= 11 is 0. The Morgan fingerprint density at radius 1 is 1.21 bits per heavy atom. The van der Waals surface area contributed by atoms with Crippen molar-refractivity contribution in [1.82, 2.24) is 5.32 Å². The van der Waals surface area contributed by atoms with Crippen LogP contribution in [-0.4, -0.2) is 45.2 Å². The average Bonchev–Trinajstić information content (AvgIpc) is 3.26. The van der Waals surface area contributed by atoms with Gasteiger partial charge in [-0.25, -0.2) is 4.99 Å². The Hall–Kier alpha value is -2.86. The van der Waals surface area contributed by atoms with Gasteiger partial charge >= 0.3 is 0 Å². The van der Waals surface area contributed by atoms with Gasteiger partial charge in [0.15, 0.2) is 0 Å². The number of rotatable bonds is 6. The molecule has 0 bridgehead atoms. The Morgan fingerprint density at radius 2 is 2.03 bits per heavy atom. The molecule has 0 saturated carbocycles. The summed E-state index contributed by atoms with van der Waals surface area (Å²) in [5, 5.41) is 6.20. The van der Waals surface area contributed by atoms with Crippen LogP contribution < -0.4 is 15.5 Å². The van der Waals surface area contributed by atoms with Crippen molar-refractivity contribution in [2.45, 2.75) is 32.3 Å². The molecule has 6 nitrogen and oxygen atoms in total. The van der Waals surface area contributed by atoms with Crippen molar-refractivity contribution >= 4 is 23.2 Å². The first kappa shape index (κ1) is 20.9. The van der Waals surface area contributed by atoms with Crippen molar-refractivity contribution in [3.05, 3.63) is 59.7 Å². The van der Waals surface area contributed by atoms with Crippen LogP contribution in [-0.2, 0) is 11.2 Å². The third-order valence-corrected chi connectivity index (χ3v) is 4.93. The molecule has 3 rings (SSSR count). The van der Waals surface area contributed by atoms with Crippen LogP contribution in [0.3, 0.4) is 0 Å². The second-order valence-electron chi connectivity index (χ2n) is 7.40. The third kappa shape index (κ3) is 6.06. The van der Waals surface area contributed by atoms with Gasteiger partial charge in [0.2, 0.25) is 5.96 Å². The lowest BCUT2D eigenvalue weighted by molar-refractivity contribution is 0.0975. The minimum absolute atomic E-state index is 0.114. The van der Waals surface area contributed by atoms with Gasteiger partial charge in [-0.2, -0.15) is 0 Å². The first-order valence-electron chi connectivity index (χ1n) is 10.2. The highest BCUT2D eigenvalue weighted by atomic mass is 16.5. The summed E-state index contributed by atoms with van der Waals surface area (Å²) in [5.74, 6) is 0.243. The number of aryl methyl sites for hydroxylation is 1. The molecule has 0 spiro atoms. The molecule has 0 radical (unpaired) electrons. The second-order valence-corrected chi connectivity index (χ2v) is 7.40. The molecule has 6 heteroatoms. The number of benzene rings is 2. The van der Waals surface area contributed by atoms with Crippen molar-refractivity contribution in [3.8, 4) is 0 Å². The lowest BCUT2D eigenvalue weighted by Gasteiger charge is -2.16. The van der Waals surface area contributed by atoms with E-state index in [0.717, 1.165) is 37.2 Å². The summed E-state index contributed by atoms with van der Waals surface area (Å²) in [6, 6.07) is 15.6. The topological polar surface area (TPSA) is 66.0 Å². The van der Waals surface area contributed by atoms with E-state index in [1.807, 2.05) is 49.3 Å². The molecule has 2 aromatic carbocycles. The van der Waals surface area contributed by atoms with E-state index in [1.54, 1.807) is 6.07 Å². The number of hydrogen-bond acceptors (Lipinski definition) is 4. The Bertz CT molecular complexity index is 857. The molecular weight excluding hydrogens is 364 g/mol. The van der Waals surface area contributed by atoms with E-state index in [1.165, 1.54) is 5.56 Å². The van der Waals surface area contributed by atoms with Gasteiger partial charge in [-0.15, -0.1) is 0 Å². The highest BCUT2D eigenvalue weighted by Crippen LogP contribution is 2.15. The zero-order valence-electron chi connectivity index (χ0n) is 17.4. The molecule has 1 fully saturated rings. The summed E-state index contributed by atoms with van der Waals surface area (Å²) in [7, 11) is 3.90. The van der Waals surface area contributed by atoms with E-state index >= 15 is 0 Å². The van der Waals surface area contributed by atoms with E-state index in [0.29, 0.717) is 18.1 Å². The molecule has 29 heavy (non-hydrogen) atoms. The van der Waals surface area contributed by atoms with Gasteiger partial charge in [-0.3, -0.25) is 10.1 Å². The van der Waals surface area contributed by atoms with Crippen molar-refractivity contribution in [3.63, 3.8) is 0 Å². The summed E-state index contributed by atoms with van der Waals surface area (Å²) < 4.78 is 5.67. The van der Waals surface area contributed by atoms with Crippen molar-refractivity contribution < 1.29 is 9.53 Å². The number of guanidine groups is 1. The molecule has 154 valence electrons. The van der Waals surface area contributed by atoms with Gasteiger partial charge in [-0.05, 0) is 55.2 Å². The molecule has 1 aliphatic rings. The minimum atomic E-state index is -0.195. The van der Waals surface area contributed by atoms with Crippen LogP contribution >= 0.6 is 0 Å². The zero-order chi connectivity index (χ0) is 20.6. The first-order valence-corrected chi connectivity index (χ1v) is 10.2. The molecular formula is C23H30N4O2. The molecule has 1 saturated heterocycles. The molecule has 0 unspecified atom stereocenters. The van der Waals surface area contributed by atoms with Gasteiger partial charge in [0.25, 0.3) is 5.91 Å². The quantitative estimate of drug-likeness (QED) is 0.579. The number of carbonyl (C=O) groups excluding carboxylic acids is 1. The maximum absolute atomic E-state index is 12.9. The van der Waals surface area contributed by atoms with Crippen molar-refractivity contribution in [2.75, 3.05) is 37.5 Å². The van der Waals surface area contributed by atoms with Gasteiger partial charge in [0.1, 0.15) is 0 Å². The Balaban J connectivity index is 1.77. The van der Waals surface area contributed by atoms with Crippen molar-refractivity contribution in [2.24, 2.45) is 4.99 Å². The predicted octanol–water partition coefficient (Wildman–Crippen LogP) is 3.69. The number of amides is 1. The number of nitrogens with zero attached hydrogens (tertiary/aromatic N) is 2. The SMILES string of the molecule is CCc1cccc(NC(=NC[C@H]2CCCO2)NC(=O)c2cccc(N(C)C)c2)c1. The van der Waals surface area contributed by atoms with Crippen LogP contribution in [0.2, 0.25) is 0 Å². The Kier molecular flexibility index (Phi) is 7.25. The fraction of sp³-hybridized carbons (Fsp3) is 0.391. The van der Waals surface area contributed by atoms with E-state index in [2.05, 4.69) is 34.7 Å². The van der Waals surface area contributed by atoms with Crippen LogP contribution in [0.15, 0.2) is 53.5 Å². The van der Waals surface area contributed by atoms with Crippen LogP contribution in [0.25, 0.3) is 0 Å². The van der Waals surface area contributed by atoms with E-state index in [4.69, 9.17) is 4.74 Å². The number of hydrogen-bond donors (Lipinski definition) is 2. The molecule has 1 heterocycles. The highest BCUT2D eigenvalue weighted by Gasteiger charge is 2.16. The van der Waals surface area contributed by atoms with E-state index in [9.17, 15) is 4.79 Å². The van der Waals surface area contributed by atoms with Crippen LogP contribution in [0.4, 0.5) is 11.4 Å². The predicted molar refractivity (Wildman–Crippen MR) is 119 cm³/mol. The molecule has 2 aromatic rings. The highest BCUT2D eigenvalue weighted by molar-refractivity contribution is 6.10. The Labute approximate surface area is 173 Å². The molecule has 0 aliphatic carbocycles. The average molecular weight is 395 g/mol. The summed E-state index contributed by atoms with van der Waals surface area (Å²) in [6.45, 7) is 3.42. The Morgan fingerprint density at radius 3 is 2.76 bits per heavy atom. The fourth-order valence-corrected chi connectivity index (χ4v) is 3.20. The standard InChI is InChI=1S/C23H30N4O2/c1-4-17-8-5-10-19(14-17)25-23(24-16-21-12-7-13-29-21)26-22(28)18-9-6-11-20(15-18)27(2)3/h5-6,8-11,14-15,21H,4,7,12-13,16H2,1-3H3,(H2,24,25,26,28)/t21-/m1/s1. The van der Waals surface area contributed by atoms with Crippen LogP contribution in [0.1, 0.15) is 35.7 Å². The van der Waals surface area contributed by atoms with Crippen LogP contribution in [0, 0.1) is 0 Å². The second kappa shape index (κ2) is 10.1. The van der Waals surface area contributed by atoms with Gasteiger partial charge < -0.3 is 15.0 Å². The summed E-state index contributed by atoms with van der Waals surface area (Å²) in [4.78, 5) is 19.4. The number of aliphatic imine (C=N–C) groups is 1. The fourth-order valence-electron chi connectivity index (χ4n) is 3.20. The van der Waals surface area contributed by atoms with E-state index in [-0.39, 0.29) is 12.0 Å². The van der Waals surface area contributed by atoms with E-state index < -0.39 is 0 Å². The van der Waals surface area contributed by atoms with Gasteiger partial charge in [-0.1, -0.05) is 25.1 Å². The van der Waals surface area contributed by atoms with Crippen molar-refractivity contribution in [1.29, 1.82) is 0 Å². The number of carbonyl (C=O) groups is 1. The lowest BCUT2D eigenvalue weighted by atomic mass is 10.1. The largest absolute Gasteiger partial charge is 0.378 e. The maximum atomic E-state index is 12.9. The number of ether oxygens (including phenoxy) is 1. The maximum Gasteiger partial charge on any atom is 0.258 e. The molecule has 1 atom stereocenters. The zero-order valence-corrected chi connectivity index (χ0v) is 17.4. The molecule has 1 amide bonds. The van der Waals surface area contributed by atoms with Crippen LogP contribution in [0.5, 0.6) is 0 Å². The van der Waals surface area contributed by atoms with Gasteiger partial charge in [0.05, 0.1) is 12.6 Å². The number of nitrogens with one attached hydrogen (secondary N) is 2. The third-order valence-electron chi connectivity index (χ3n) is 4.93. The number of anilines is 2. The smallest absolute Gasteiger partial charge is 0.258 e. The lowest BCUT2D eigenvalue weighted by Crippen LogP contribution is -2.36. The molecule has 0 aromatic heterocycles. The summed E-state index contributed by atoms with van der Waals surface area (Å²) in [5.41, 5.74) is 3.68. The summed E-state index contributed by atoms with van der Waals surface area (Å²) in [6.07, 6.45) is 3.12.